The Bertz CT molecular complexity index is 645. The van der Waals surface area contributed by atoms with Crippen LogP contribution in [0.4, 0.5) is 5.69 Å². The topological polar surface area (TPSA) is 38.5 Å². The van der Waals surface area contributed by atoms with Gasteiger partial charge in [-0.3, -0.25) is 0 Å². The zero-order chi connectivity index (χ0) is 16.2. The lowest BCUT2D eigenvalue weighted by molar-refractivity contribution is 0.414. The molecule has 0 aliphatic carbocycles. The summed E-state index contributed by atoms with van der Waals surface area (Å²) in [5, 5.41) is 0. The summed E-state index contributed by atoms with van der Waals surface area (Å²) in [4.78, 5) is 2.50. The molecule has 2 N–H and O–H groups in total. The first-order chi connectivity index (χ1) is 11.2. The van der Waals surface area contributed by atoms with E-state index < -0.39 is 0 Å². The van der Waals surface area contributed by atoms with Gasteiger partial charge in [0.15, 0.2) is 0 Å². The number of nitrogens with two attached hydrogens (primary N) is 1. The average molecular weight is 310 g/mol. The Morgan fingerprint density at radius 2 is 1.70 bits per heavy atom. The summed E-state index contributed by atoms with van der Waals surface area (Å²) >= 11 is 0. The number of piperidine rings is 1. The number of ether oxygens (including phenoxy) is 1. The molecule has 1 heterocycles. The second kappa shape index (κ2) is 7.05. The lowest BCUT2D eigenvalue weighted by atomic mass is 9.93. The van der Waals surface area contributed by atoms with Gasteiger partial charge in [-0.15, -0.1) is 0 Å². The SMILES string of the molecule is COc1ccc([C@H](N)c2c(C)cccc2N2CCCCC2)cc1. The van der Waals surface area contributed by atoms with Crippen molar-refractivity contribution in [1.29, 1.82) is 0 Å². The van der Waals surface area contributed by atoms with Crippen molar-refractivity contribution in [1.82, 2.24) is 0 Å². The highest BCUT2D eigenvalue weighted by molar-refractivity contribution is 5.60. The number of benzene rings is 2. The van der Waals surface area contributed by atoms with Gasteiger partial charge in [0.1, 0.15) is 5.75 Å². The molecule has 0 amide bonds. The standard InChI is InChI=1S/C20H26N2O/c1-15-7-6-8-18(22-13-4-3-5-14-22)19(15)20(21)16-9-11-17(23-2)12-10-16/h6-12,20H,3-5,13-14,21H2,1-2H3/t20-/m0/s1. The van der Waals surface area contributed by atoms with E-state index in [4.69, 9.17) is 10.5 Å². The third-order valence-electron chi connectivity index (χ3n) is 4.78. The van der Waals surface area contributed by atoms with Crippen LogP contribution in [0.3, 0.4) is 0 Å². The van der Waals surface area contributed by atoms with Crippen molar-refractivity contribution in [3.8, 4) is 5.75 Å². The van der Waals surface area contributed by atoms with Gasteiger partial charge in [-0.25, -0.2) is 0 Å². The quantitative estimate of drug-likeness (QED) is 0.926. The predicted octanol–water partition coefficient (Wildman–Crippen LogP) is 4.04. The molecule has 2 aromatic rings. The molecule has 0 unspecified atom stereocenters. The third kappa shape index (κ3) is 3.35. The van der Waals surface area contributed by atoms with Crippen LogP contribution in [0.5, 0.6) is 5.75 Å². The van der Waals surface area contributed by atoms with Gasteiger partial charge in [-0.05, 0) is 61.1 Å². The Kier molecular flexibility index (Phi) is 4.87. The van der Waals surface area contributed by atoms with E-state index in [1.165, 1.54) is 36.1 Å². The largest absolute Gasteiger partial charge is 0.497 e. The monoisotopic (exact) mass is 310 g/mol. The van der Waals surface area contributed by atoms with E-state index in [9.17, 15) is 0 Å². The number of methoxy groups -OCH3 is 1. The fourth-order valence-corrected chi connectivity index (χ4v) is 3.46. The van der Waals surface area contributed by atoms with Crippen molar-refractivity contribution >= 4 is 5.69 Å². The smallest absolute Gasteiger partial charge is 0.118 e. The van der Waals surface area contributed by atoms with Crippen molar-refractivity contribution in [2.75, 3.05) is 25.1 Å². The van der Waals surface area contributed by atoms with Gasteiger partial charge in [0, 0.05) is 18.8 Å². The first kappa shape index (κ1) is 15.9. The van der Waals surface area contributed by atoms with E-state index in [2.05, 4.69) is 42.2 Å². The van der Waals surface area contributed by atoms with Crippen LogP contribution in [0.2, 0.25) is 0 Å². The summed E-state index contributed by atoms with van der Waals surface area (Å²) < 4.78 is 5.25. The number of rotatable bonds is 4. The van der Waals surface area contributed by atoms with Crippen LogP contribution < -0.4 is 15.4 Å². The van der Waals surface area contributed by atoms with E-state index >= 15 is 0 Å². The Hall–Kier alpha value is -2.00. The molecule has 1 atom stereocenters. The summed E-state index contributed by atoms with van der Waals surface area (Å²) in [5.41, 5.74) is 11.6. The minimum Gasteiger partial charge on any atom is -0.497 e. The number of anilines is 1. The van der Waals surface area contributed by atoms with Crippen molar-refractivity contribution in [3.63, 3.8) is 0 Å². The van der Waals surface area contributed by atoms with Crippen molar-refractivity contribution in [3.05, 3.63) is 59.2 Å². The molecule has 0 radical (unpaired) electrons. The maximum Gasteiger partial charge on any atom is 0.118 e. The van der Waals surface area contributed by atoms with Gasteiger partial charge < -0.3 is 15.4 Å². The second-order valence-corrected chi connectivity index (χ2v) is 6.31. The van der Waals surface area contributed by atoms with Crippen LogP contribution in [0.1, 0.15) is 42.0 Å². The zero-order valence-electron chi connectivity index (χ0n) is 14.1. The number of hydrogen-bond acceptors (Lipinski definition) is 3. The van der Waals surface area contributed by atoms with Crippen molar-refractivity contribution in [2.24, 2.45) is 5.73 Å². The molecule has 3 rings (SSSR count). The minimum absolute atomic E-state index is 0.112. The van der Waals surface area contributed by atoms with Gasteiger partial charge >= 0.3 is 0 Å². The van der Waals surface area contributed by atoms with Crippen LogP contribution in [0.15, 0.2) is 42.5 Å². The van der Waals surface area contributed by atoms with Gasteiger partial charge in [0.05, 0.1) is 13.2 Å². The molecule has 3 nitrogen and oxygen atoms in total. The maximum atomic E-state index is 6.65. The summed E-state index contributed by atoms with van der Waals surface area (Å²) in [5.74, 6) is 0.863. The van der Waals surface area contributed by atoms with Gasteiger partial charge in [0.25, 0.3) is 0 Å². The van der Waals surface area contributed by atoms with E-state index in [0.717, 1.165) is 24.4 Å². The molecule has 23 heavy (non-hydrogen) atoms. The van der Waals surface area contributed by atoms with Gasteiger partial charge in [-0.1, -0.05) is 24.3 Å². The first-order valence-electron chi connectivity index (χ1n) is 8.44. The maximum absolute atomic E-state index is 6.65. The molecule has 1 fully saturated rings. The number of hydrogen-bond donors (Lipinski definition) is 1. The minimum atomic E-state index is -0.112. The molecule has 1 aliphatic heterocycles. The predicted molar refractivity (Wildman–Crippen MR) is 96.3 cm³/mol. The molecule has 1 saturated heterocycles. The number of nitrogens with zero attached hydrogens (tertiary/aromatic N) is 1. The molecule has 0 aromatic heterocycles. The van der Waals surface area contributed by atoms with E-state index in [1.807, 2.05) is 12.1 Å². The molecule has 3 heteroatoms. The molecule has 122 valence electrons. The van der Waals surface area contributed by atoms with Crippen molar-refractivity contribution < 1.29 is 4.74 Å². The number of aryl methyl sites for hydroxylation is 1. The summed E-state index contributed by atoms with van der Waals surface area (Å²) in [6, 6.07) is 14.5. The van der Waals surface area contributed by atoms with E-state index in [1.54, 1.807) is 7.11 Å². The Labute approximate surface area is 139 Å². The molecular weight excluding hydrogens is 284 g/mol. The summed E-state index contributed by atoms with van der Waals surface area (Å²) in [6.07, 6.45) is 3.87. The van der Waals surface area contributed by atoms with Crippen LogP contribution in [0.25, 0.3) is 0 Å². The molecule has 0 bridgehead atoms. The Morgan fingerprint density at radius 1 is 1.00 bits per heavy atom. The summed E-state index contributed by atoms with van der Waals surface area (Å²) in [7, 11) is 1.69. The van der Waals surface area contributed by atoms with Crippen LogP contribution in [-0.2, 0) is 0 Å². The van der Waals surface area contributed by atoms with Crippen molar-refractivity contribution in [2.45, 2.75) is 32.2 Å². The lowest BCUT2D eigenvalue weighted by Crippen LogP contribution is -2.31. The van der Waals surface area contributed by atoms with E-state index in [0.29, 0.717) is 0 Å². The molecule has 2 aromatic carbocycles. The Balaban J connectivity index is 1.96. The van der Waals surface area contributed by atoms with Crippen LogP contribution >= 0.6 is 0 Å². The molecule has 1 aliphatic rings. The Morgan fingerprint density at radius 3 is 2.35 bits per heavy atom. The molecule has 0 spiro atoms. The first-order valence-corrected chi connectivity index (χ1v) is 8.44. The van der Waals surface area contributed by atoms with Crippen LogP contribution in [0, 0.1) is 6.92 Å². The fraction of sp³-hybridized carbons (Fsp3) is 0.400. The normalized spacial score (nSPS) is 16.2. The second-order valence-electron chi connectivity index (χ2n) is 6.31. The highest BCUT2D eigenvalue weighted by Gasteiger charge is 2.20. The lowest BCUT2D eigenvalue weighted by Gasteiger charge is -2.32. The highest BCUT2D eigenvalue weighted by Crippen LogP contribution is 2.34. The third-order valence-corrected chi connectivity index (χ3v) is 4.78. The van der Waals surface area contributed by atoms with Crippen LogP contribution in [-0.4, -0.2) is 20.2 Å². The highest BCUT2D eigenvalue weighted by atomic mass is 16.5. The summed E-state index contributed by atoms with van der Waals surface area (Å²) in [6.45, 7) is 4.42. The zero-order valence-corrected chi connectivity index (χ0v) is 14.1. The van der Waals surface area contributed by atoms with Gasteiger partial charge in [0.2, 0.25) is 0 Å². The van der Waals surface area contributed by atoms with Gasteiger partial charge in [-0.2, -0.15) is 0 Å². The molecular formula is C20H26N2O. The average Bonchev–Trinajstić information content (AvgIpc) is 2.62. The molecule has 0 saturated carbocycles. The fourth-order valence-electron chi connectivity index (χ4n) is 3.46. The van der Waals surface area contributed by atoms with E-state index in [-0.39, 0.29) is 6.04 Å².